The molecule has 1 aromatic rings. The van der Waals surface area contributed by atoms with Gasteiger partial charge >= 0.3 is 0 Å². The van der Waals surface area contributed by atoms with E-state index >= 15 is 0 Å². The second-order valence-electron chi connectivity index (χ2n) is 5.08. The smallest absolute Gasteiger partial charge is 0.229 e. The third-order valence-electron chi connectivity index (χ3n) is 3.49. The van der Waals surface area contributed by atoms with Crippen molar-refractivity contribution in [3.05, 3.63) is 33.9 Å². The highest BCUT2D eigenvalue weighted by atomic mass is 32.2. The van der Waals surface area contributed by atoms with Crippen LogP contribution in [0.1, 0.15) is 37.5 Å². The number of carbonyl (C=O) groups is 1. The zero-order chi connectivity index (χ0) is 17.4. The van der Waals surface area contributed by atoms with Gasteiger partial charge in [0.25, 0.3) is 0 Å². The normalized spacial score (nSPS) is 13.2. The van der Waals surface area contributed by atoms with Crippen LogP contribution in [0.15, 0.2) is 18.2 Å². The Bertz CT molecular complexity index is 549. The molecular formula is C16H23NO5S. The van der Waals surface area contributed by atoms with Crippen molar-refractivity contribution in [2.75, 3.05) is 20.0 Å². The molecule has 1 aromatic carbocycles. The number of methoxy groups -OCH3 is 2. The number of ether oxygens (including phenoxy) is 2. The van der Waals surface area contributed by atoms with Gasteiger partial charge in [-0.05, 0) is 30.4 Å². The van der Waals surface area contributed by atoms with Crippen LogP contribution in [0.2, 0.25) is 0 Å². The van der Waals surface area contributed by atoms with E-state index in [9.17, 15) is 14.9 Å². The fraction of sp³-hybridized carbons (Fsp3) is 0.562. The Morgan fingerprint density at radius 1 is 1.30 bits per heavy atom. The number of carbonyl (C=O) groups excluding carboxylic acids is 1. The minimum absolute atomic E-state index is 0.0376. The Kier molecular flexibility index (Phi) is 7.88. The lowest BCUT2D eigenvalue weighted by atomic mass is 10.00. The molecule has 128 valence electrons. The van der Waals surface area contributed by atoms with E-state index in [1.165, 1.54) is 25.8 Å². The van der Waals surface area contributed by atoms with Gasteiger partial charge in [0.2, 0.25) is 6.04 Å². The molecular weight excluding hydrogens is 318 g/mol. The number of nitro groups is 1. The van der Waals surface area contributed by atoms with E-state index in [1.54, 1.807) is 19.2 Å². The van der Waals surface area contributed by atoms with Crippen molar-refractivity contribution < 1.29 is 19.2 Å². The molecule has 6 nitrogen and oxygen atoms in total. The van der Waals surface area contributed by atoms with E-state index in [2.05, 4.69) is 0 Å². The number of thioether (sulfide) groups is 1. The van der Waals surface area contributed by atoms with Crippen LogP contribution in [0, 0.1) is 10.1 Å². The number of hydrogen-bond donors (Lipinski definition) is 0. The first-order chi connectivity index (χ1) is 10.9. The first-order valence-corrected chi connectivity index (χ1v) is 8.45. The lowest BCUT2D eigenvalue weighted by Crippen LogP contribution is -2.27. The molecule has 2 unspecified atom stereocenters. The molecule has 2 atom stereocenters. The van der Waals surface area contributed by atoms with Crippen LogP contribution in [-0.2, 0) is 4.79 Å². The van der Waals surface area contributed by atoms with Crippen LogP contribution in [0.5, 0.6) is 11.5 Å². The van der Waals surface area contributed by atoms with Gasteiger partial charge in [-0.25, -0.2) is 0 Å². The van der Waals surface area contributed by atoms with Gasteiger partial charge in [0.1, 0.15) is 5.78 Å². The first kappa shape index (κ1) is 19.3. The summed E-state index contributed by atoms with van der Waals surface area (Å²) in [5.74, 6) is 1.83. The zero-order valence-corrected chi connectivity index (χ0v) is 14.7. The topological polar surface area (TPSA) is 78.7 Å². The molecule has 23 heavy (non-hydrogen) atoms. The van der Waals surface area contributed by atoms with E-state index in [0.717, 1.165) is 11.3 Å². The van der Waals surface area contributed by atoms with Gasteiger partial charge in [-0.2, -0.15) is 0 Å². The molecule has 0 aromatic heterocycles. The third-order valence-corrected chi connectivity index (χ3v) is 4.77. The molecule has 0 spiro atoms. The predicted octanol–water partition coefficient (Wildman–Crippen LogP) is 3.51. The van der Waals surface area contributed by atoms with Gasteiger partial charge in [-0.15, -0.1) is 11.8 Å². The number of ketones is 1. The minimum Gasteiger partial charge on any atom is -0.493 e. The quantitative estimate of drug-likeness (QED) is 0.478. The number of benzene rings is 1. The summed E-state index contributed by atoms with van der Waals surface area (Å²) in [5.41, 5.74) is 0.805. The maximum atomic E-state index is 11.5. The van der Waals surface area contributed by atoms with E-state index < -0.39 is 6.04 Å². The highest BCUT2D eigenvalue weighted by Gasteiger charge is 2.33. The number of nitrogens with zero attached hydrogens (tertiary/aromatic N) is 1. The number of rotatable bonds is 10. The van der Waals surface area contributed by atoms with Gasteiger partial charge in [-0.1, -0.05) is 13.0 Å². The fourth-order valence-electron chi connectivity index (χ4n) is 2.36. The Balaban J connectivity index is 3.16. The summed E-state index contributed by atoms with van der Waals surface area (Å²) in [4.78, 5) is 22.4. The van der Waals surface area contributed by atoms with Crippen LogP contribution >= 0.6 is 11.8 Å². The van der Waals surface area contributed by atoms with Crippen molar-refractivity contribution >= 4 is 17.5 Å². The monoisotopic (exact) mass is 341 g/mol. The maximum Gasteiger partial charge on any atom is 0.229 e. The highest BCUT2D eigenvalue weighted by molar-refractivity contribution is 7.99. The highest BCUT2D eigenvalue weighted by Crippen LogP contribution is 2.39. The zero-order valence-electron chi connectivity index (χ0n) is 13.9. The van der Waals surface area contributed by atoms with Crippen LogP contribution in [0.4, 0.5) is 0 Å². The SMILES string of the molecule is CCSC(c1ccc(OC)c(OC)c1)C(CCC(C)=O)[N+](=O)[O-]. The summed E-state index contributed by atoms with van der Waals surface area (Å²) in [6, 6.07) is 4.52. The molecule has 0 heterocycles. The Labute approximate surface area is 140 Å². The molecule has 0 saturated carbocycles. The van der Waals surface area contributed by atoms with Gasteiger partial charge in [0.15, 0.2) is 11.5 Å². The Morgan fingerprint density at radius 3 is 2.43 bits per heavy atom. The fourth-order valence-corrected chi connectivity index (χ4v) is 3.51. The first-order valence-electron chi connectivity index (χ1n) is 7.41. The van der Waals surface area contributed by atoms with Gasteiger partial charge in [0, 0.05) is 17.8 Å². The number of Topliss-reactive ketones (excluding diaryl/α,β-unsaturated/α-hetero) is 1. The third kappa shape index (κ3) is 5.42. The van der Waals surface area contributed by atoms with E-state index in [0.29, 0.717) is 11.5 Å². The van der Waals surface area contributed by atoms with Crippen molar-refractivity contribution in [1.82, 2.24) is 0 Å². The van der Waals surface area contributed by atoms with E-state index in [-0.39, 0.29) is 28.8 Å². The van der Waals surface area contributed by atoms with Crippen molar-refractivity contribution in [1.29, 1.82) is 0 Å². The summed E-state index contributed by atoms with van der Waals surface area (Å²) in [6.07, 6.45) is 0.439. The molecule has 0 saturated heterocycles. The molecule has 0 bridgehead atoms. The Morgan fingerprint density at radius 2 is 1.96 bits per heavy atom. The van der Waals surface area contributed by atoms with Crippen LogP contribution in [0.25, 0.3) is 0 Å². The minimum atomic E-state index is -0.818. The predicted molar refractivity (Wildman–Crippen MR) is 91.1 cm³/mol. The largest absolute Gasteiger partial charge is 0.493 e. The lowest BCUT2D eigenvalue weighted by Gasteiger charge is -2.21. The summed E-state index contributed by atoms with van der Waals surface area (Å²) in [6.45, 7) is 3.41. The van der Waals surface area contributed by atoms with Crippen molar-refractivity contribution in [3.63, 3.8) is 0 Å². The van der Waals surface area contributed by atoms with E-state index in [1.807, 2.05) is 13.0 Å². The molecule has 0 aliphatic rings. The summed E-state index contributed by atoms with van der Waals surface area (Å²) in [5, 5.41) is 11.2. The summed E-state index contributed by atoms with van der Waals surface area (Å²) < 4.78 is 10.5. The molecule has 7 heteroatoms. The average Bonchev–Trinajstić information content (AvgIpc) is 2.52. The molecule has 1 rings (SSSR count). The standard InChI is InChI=1S/C16H23NO5S/c1-5-23-16(13(17(19)20)8-6-11(2)18)12-7-9-14(21-3)15(10-12)22-4/h7,9-10,13,16H,5-6,8H2,1-4H3. The molecule has 0 N–H and O–H groups in total. The van der Waals surface area contributed by atoms with Crippen LogP contribution < -0.4 is 9.47 Å². The molecule has 0 fully saturated rings. The summed E-state index contributed by atoms with van der Waals surface area (Å²) in [7, 11) is 3.08. The summed E-state index contributed by atoms with van der Waals surface area (Å²) >= 11 is 1.50. The lowest BCUT2D eigenvalue weighted by molar-refractivity contribution is -0.523. The molecule has 0 radical (unpaired) electrons. The van der Waals surface area contributed by atoms with E-state index in [4.69, 9.17) is 9.47 Å². The number of hydrogen-bond acceptors (Lipinski definition) is 6. The Hall–Kier alpha value is -1.76. The molecule has 0 amide bonds. The van der Waals surface area contributed by atoms with Crippen molar-refractivity contribution in [2.45, 2.75) is 38.0 Å². The van der Waals surface area contributed by atoms with Crippen LogP contribution in [-0.4, -0.2) is 36.7 Å². The average molecular weight is 341 g/mol. The van der Waals surface area contributed by atoms with Crippen LogP contribution in [0.3, 0.4) is 0 Å². The van der Waals surface area contributed by atoms with Crippen molar-refractivity contribution in [3.8, 4) is 11.5 Å². The van der Waals surface area contributed by atoms with Crippen molar-refractivity contribution in [2.24, 2.45) is 0 Å². The molecule has 0 aliphatic heterocycles. The molecule has 0 aliphatic carbocycles. The van der Waals surface area contributed by atoms with Gasteiger partial charge < -0.3 is 14.3 Å². The maximum absolute atomic E-state index is 11.5. The van der Waals surface area contributed by atoms with Gasteiger partial charge in [0.05, 0.1) is 19.5 Å². The second kappa shape index (κ2) is 9.39. The second-order valence-corrected chi connectivity index (χ2v) is 6.50. The van der Waals surface area contributed by atoms with Gasteiger partial charge in [-0.3, -0.25) is 10.1 Å².